The van der Waals surface area contributed by atoms with Crippen LogP contribution in [0.2, 0.25) is 0 Å². The van der Waals surface area contributed by atoms with Gasteiger partial charge in [-0.05, 0) is 19.1 Å². The molecule has 0 aliphatic heterocycles. The number of nitrogens with zero attached hydrogens (tertiary/aromatic N) is 2. The number of benzene rings is 1. The molecule has 2 N–H and O–H groups in total. The molecule has 0 saturated carbocycles. The molecule has 0 spiro atoms. The lowest BCUT2D eigenvalue weighted by Crippen LogP contribution is -2.32. The summed E-state index contributed by atoms with van der Waals surface area (Å²) in [5.74, 6) is 1.62. The molecule has 0 aliphatic carbocycles. The predicted octanol–water partition coefficient (Wildman–Crippen LogP) is 2.53. The second kappa shape index (κ2) is 9.34. The average Bonchev–Trinajstić information content (AvgIpc) is 2.96. The molecular weight excluding hydrogens is 324 g/mol. The van der Waals surface area contributed by atoms with Gasteiger partial charge in [0, 0.05) is 56.0 Å². The number of anilines is 1. The van der Waals surface area contributed by atoms with Gasteiger partial charge < -0.3 is 19.9 Å². The third-order valence-corrected chi connectivity index (χ3v) is 4.51. The minimum absolute atomic E-state index is 0.0139. The summed E-state index contributed by atoms with van der Waals surface area (Å²) < 4.78 is 7.14. The largest absolute Gasteiger partial charge is 0.497 e. The van der Waals surface area contributed by atoms with Crippen molar-refractivity contribution < 1.29 is 9.53 Å². The zero-order chi connectivity index (χ0) is 17.4. The van der Waals surface area contributed by atoms with Gasteiger partial charge in [0.05, 0.1) is 7.11 Å². The van der Waals surface area contributed by atoms with Crippen molar-refractivity contribution in [1.29, 1.82) is 0 Å². The van der Waals surface area contributed by atoms with Crippen LogP contribution < -0.4 is 15.4 Å². The van der Waals surface area contributed by atoms with Gasteiger partial charge >= 0.3 is 0 Å². The topological polar surface area (TPSA) is 68.2 Å². The zero-order valence-electron chi connectivity index (χ0n) is 14.3. The van der Waals surface area contributed by atoms with Crippen LogP contribution in [0.4, 0.5) is 5.69 Å². The highest BCUT2D eigenvalue weighted by Crippen LogP contribution is 2.17. The molecule has 0 fully saturated rings. The fraction of sp³-hybridized carbons (Fsp3) is 0.412. The number of thioether (sulfide) groups is 1. The number of carbonyl (C=O) groups excluding carboxylic acids is 1. The third-order valence-electron chi connectivity index (χ3n) is 3.45. The van der Waals surface area contributed by atoms with E-state index >= 15 is 0 Å². The van der Waals surface area contributed by atoms with E-state index in [0.29, 0.717) is 6.42 Å². The van der Waals surface area contributed by atoms with E-state index in [2.05, 4.69) is 15.6 Å². The van der Waals surface area contributed by atoms with E-state index in [1.165, 1.54) is 0 Å². The van der Waals surface area contributed by atoms with Crippen LogP contribution in [0.5, 0.6) is 5.75 Å². The normalized spacial score (nSPS) is 12.0. The summed E-state index contributed by atoms with van der Waals surface area (Å²) in [5, 5.41) is 7.25. The van der Waals surface area contributed by atoms with Crippen LogP contribution in [0, 0.1) is 0 Å². The number of aryl methyl sites for hydroxylation is 1. The molecule has 1 amide bonds. The van der Waals surface area contributed by atoms with Crippen molar-refractivity contribution in [2.24, 2.45) is 7.05 Å². The maximum Gasteiger partial charge on any atom is 0.225 e. The number of hydrogen-bond acceptors (Lipinski definition) is 5. The van der Waals surface area contributed by atoms with E-state index in [1.54, 1.807) is 31.1 Å². The van der Waals surface area contributed by atoms with Gasteiger partial charge in [0.15, 0.2) is 5.16 Å². The van der Waals surface area contributed by atoms with Crippen LogP contribution in [-0.4, -0.2) is 40.9 Å². The first-order chi connectivity index (χ1) is 11.6. The van der Waals surface area contributed by atoms with Crippen molar-refractivity contribution in [2.45, 2.75) is 24.5 Å². The molecule has 0 bridgehead atoms. The summed E-state index contributed by atoms with van der Waals surface area (Å²) in [6, 6.07) is 7.46. The third kappa shape index (κ3) is 5.90. The number of methoxy groups -OCH3 is 1. The maximum absolute atomic E-state index is 12.1. The highest BCUT2D eigenvalue weighted by Gasteiger charge is 2.09. The Kier molecular flexibility index (Phi) is 7.14. The van der Waals surface area contributed by atoms with E-state index in [9.17, 15) is 4.79 Å². The highest BCUT2D eigenvalue weighted by molar-refractivity contribution is 7.99. The lowest BCUT2D eigenvalue weighted by molar-refractivity contribution is -0.116. The van der Waals surface area contributed by atoms with Crippen LogP contribution in [-0.2, 0) is 11.8 Å². The smallest absolute Gasteiger partial charge is 0.225 e. The monoisotopic (exact) mass is 348 g/mol. The molecule has 0 radical (unpaired) electrons. The van der Waals surface area contributed by atoms with Crippen molar-refractivity contribution in [3.8, 4) is 5.75 Å². The number of nitrogens with one attached hydrogen (secondary N) is 2. The van der Waals surface area contributed by atoms with Gasteiger partial charge in [0.1, 0.15) is 5.75 Å². The van der Waals surface area contributed by atoms with Gasteiger partial charge in [-0.3, -0.25) is 4.79 Å². The summed E-state index contributed by atoms with van der Waals surface area (Å²) >= 11 is 1.70. The van der Waals surface area contributed by atoms with Crippen molar-refractivity contribution >= 4 is 23.4 Å². The van der Waals surface area contributed by atoms with Gasteiger partial charge in [-0.2, -0.15) is 0 Å². The number of imidazole rings is 1. The quantitative estimate of drug-likeness (QED) is 0.538. The lowest BCUT2D eigenvalue weighted by atomic mass is 10.2. The van der Waals surface area contributed by atoms with Crippen molar-refractivity contribution in [3.05, 3.63) is 36.7 Å². The van der Waals surface area contributed by atoms with Gasteiger partial charge in [-0.25, -0.2) is 4.98 Å². The van der Waals surface area contributed by atoms with E-state index in [-0.39, 0.29) is 11.9 Å². The Bertz CT molecular complexity index is 660. The first kappa shape index (κ1) is 18.4. The first-order valence-corrected chi connectivity index (χ1v) is 8.84. The molecule has 0 unspecified atom stereocenters. The van der Waals surface area contributed by atoms with Gasteiger partial charge in [-0.1, -0.05) is 17.8 Å². The van der Waals surface area contributed by atoms with Crippen LogP contribution in [0.15, 0.2) is 41.8 Å². The molecule has 0 aliphatic rings. The Labute approximate surface area is 147 Å². The Morgan fingerprint density at radius 3 is 3.00 bits per heavy atom. The number of hydrogen-bond donors (Lipinski definition) is 2. The van der Waals surface area contributed by atoms with Crippen LogP contribution >= 0.6 is 11.8 Å². The molecule has 24 heavy (non-hydrogen) atoms. The molecule has 2 aromatic rings. The minimum Gasteiger partial charge on any atom is -0.497 e. The molecular formula is C17H24N4O2S. The summed E-state index contributed by atoms with van der Waals surface area (Å²) in [7, 11) is 3.59. The lowest BCUT2D eigenvalue weighted by Gasteiger charge is -2.14. The van der Waals surface area contributed by atoms with Crippen LogP contribution in [0.3, 0.4) is 0 Å². The van der Waals surface area contributed by atoms with E-state index in [0.717, 1.165) is 28.9 Å². The van der Waals surface area contributed by atoms with Crippen LogP contribution in [0.25, 0.3) is 0 Å². The average molecular weight is 348 g/mol. The molecule has 1 heterocycles. The molecule has 130 valence electrons. The first-order valence-electron chi connectivity index (χ1n) is 7.86. The SMILES string of the molecule is COc1cccc(NC(=O)C[C@@H](C)NCCSc2nccn2C)c1. The zero-order valence-corrected chi connectivity index (χ0v) is 15.1. The summed E-state index contributed by atoms with van der Waals surface area (Å²) in [6.07, 6.45) is 4.15. The number of ether oxygens (including phenoxy) is 1. The second-order valence-electron chi connectivity index (χ2n) is 5.51. The molecule has 1 atom stereocenters. The van der Waals surface area contributed by atoms with Gasteiger partial charge in [-0.15, -0.1) is 0 Å². The van der Waals surface area contributed by atoms with Crippen LogP contribution in [0.1, 0.15) is 13.3 Å². The van der Waals surface area contributed by atoms with E-state index in [1.807, 2.05) is 42.9 Å². The number of rotatable bonds is 9. The number of aromatic nitrogens is 2. The second-order valence-corrected chi connectivity index (χ2v) is 6.57. The fourth-order valence-corrected chi connectivity index (χ4v) is 3.00. The summed E-state index contributed by atoms with van der Waals surface area (Å²) in [4.78, 5) is 16.3. The summed E-state index contributed by atoms with van der Waals surface area (Å²) in [5.41, 5.74) is 0.747. The Morgan fingerprint density at radius 2 is 2.29 bits per heavy atom. The molecule has 1 aromatic carbocycles. The Hall–Kier alpha value is -1.99. The molecule has 0 saturated heterocycles. The Balaban J connectivity index is 1.66. The molecule has 1 aromatic heterocycles. The number of amides is 1. The van der Waals surface area contributed by atoms with Crippen molar-refractivity contribution in [3.63, 3.8) is 0 Å². The molecule has 6 nitrogen and oxygen atoms in total. The van der Waals surface area contributed by atoms with Gasteiger partial charge in [0.25, 0.3) is 0 Å². The minimum atomic E-state index is -0.0139. The fourth-order valence-electron chi connectivity index (χ4n) is 2.20. The van der Waals surface area contributed by atoms with E-state index < -0.39 is 0 Å². The van der Waals surface area contributed by atoms with Crippen molar-refractivity contribution in [1.82, 2.24) is 14.9 Å². The number of carbonyl (C=O) groups is 1. The molecule has 2 rings (SSSR count). The van der Waals surface area contributed by atoms with E-state index in [4.69, 9.17) is 4.74 Å². The maximum atomic E-state index is 12.1. The van der Waals surface area contributed by atoms with Crippen molar-refractivity contribution in [2.75, 3.05) is 24.7 Å². The molecule has 7 heteroatoms. The summed E-state index contributed by atoms with van der Waals surface area (Å²) in [6.45, 7) is 2.84. The van der Waals surface area contributed by atoms with Gasteiger partial charge in [0.2, 0.25) is 5.91 Å². The predicted molar refractivity (Wildman–Crippen MR) is 97.6 cm³/mol. The highest BCUT2D eigenvalue weighted by atomic mass is 32.2. The Morgan fingerprint density at radius 1 is 1.46 bits per heavy atom. The standard InChI is InChI=1S/C17H24N4O2S/c1-13(18-8-10-24-17-19-7-9-21(17)2)11-16(22)20-14-5-4-6-15(12-14)23-3/h4-7,9,12-13,18H,8,10-11H2,1-3H3,(H,20,22)/t13-/m1/s1.